The van der Waals surface area contributed by atoms with Gasteiger partial charge in [0.05, 0.1) is 10.7 Å². The van der Waals surface area contributed by atoms with Gasteiger partial charge in [-0.1, -0.05) is 115 Å². The van der Waals surface area contributed by atoms with Crippen LogP contribution in [-0.4, -0.2) is 10.7 Å². The number of hydrogen-bond acceptors (Lipinski definition) is 2. The van der Waals surface area contributed by atoms with E-state index in [0.29, 0.717) is 6.42 Å². The Morgan fingerprint density at radius 3 is 1.08 bits per heavy atom. The summed E-state index contributed by atoms with van der Waals surface area (Å²) in [7, 11) is 0. The van der Waals surface area contributed by atoms with Gasteiger partial charge in [0.25, 0.3) is 0 Å². The van der Waals surface area contributed by atoms with Crippen LogP contribution in [0.25, 0.3) is 0 Å². The lowest BCUT2D eigenvalue weighted by atomic mass is 10.0. The number of nitrogens with zero attached hydrogens (tertiary/aromatic N) is 2. The van der Waals surface area contributed by atoms with E-state index in [1.165, 1.54) is 64.2 Å². The van der Waals surface area contributed by atoms with Gasteiger partial charge in [-0.3, -0.25) is 0 Å². The van der Waals surface area contributed by atoms with Crippen LogP contribution in [0.2, 0.25) is 0 Å². The van der Waals surface area contributed by atoms with E-state index < -0.39 is 16.9 Å². The summed E-state index contributed by atoms with van der Waals surface area (Å²) >= 11 is 0. The van der Waals surface area contributed by atoms with E-state index in [0.717, 1.165) is 25.7 Å². The van der Waals surface area contributed by atoms with Gasteiger partial charge in [0.1, 0.15) is 0 Å². The highest BCUT2D eigenvalue weighted by Gasteiger charge is 2.28. The molecule has 0 amide bonds. The third-order valence-electron chi connectivity index (χ3n) is 4.39. The first-order valence-corrected chi connectivity index (χ1v) is 9.68. The lowest BCUT2D eigenvalue weighted by Gasteiger charge is -2.14. The zero-order valence-corrected chi connectivity index (χ0v) is 15.2. The molecule has 0 bridgehead atoms. The average molecular weight is 355 g/mol. The molecule has 0 aliphatic carbocycles. The van der Waals surface area contributed by atoms with Crippen molar-refractivity contribution in [1.82, 2.24) is 10.7 Å². The topological polar surface area (TPSA) is 6.48 Å². The van der Waals surface area contributed by atoms with Crippen molar-refractivity contribution < 1.29 is 17.9 Å². The summed E-state index contributed by atoms with van der Waals surface area (Å²) in [4.78, 5) is 0. The maximum Gasteiger partial charge on any atom is 0.237 e. The van der Waals surface area contributed by atoms with Gasteiger partial charge in [0.15, 0.2) is 0 Å². The first-order valence-electron chi connectivity index (χ1n) is 9.68. The maximum atomic E-state index is 12.1. The summed E-state index contributed by atoms with van der Waals surface area (Å²) in [6.45, 7) is 2.23. The third-order valence-corrected chi connectivity index (χ3v) is 4.39. The van der Waals surface area contributed by atoms with Crippen LogP contribution in [0.4, 0.5) is 17.9 Å². The number of hydrogen-bond donors (Lipinski definition) is 0. The van der Waals surface area contributed by atoms with Crippen LogP contribution < -0.4 is 0 Å². The predicted molar refractivity (Wildman–Crippen MR) is 90.9 cm³/mol. The molecule has 0 rings (SSSR count). The molecule has 0 fully saturated rings. The molecule has 0 aliphatic rings. The van der Waals surface area contributed by atoms with Crippen LogP contribution in [0.3, 0.4) is 0 Å². The molecule has 0 atom stereocenters. The van der Waals surface area contributed by atoms with Crippen molar-refractivity contribution in [2.45, 2.75) is 110 Å². The summed E-state index contributed by atoms with van der Waals surface area (Å²) in [6.07, 6.45) is 16.0. The van der Waals surface area contributed by atoms with Crippen molar-refractivity contribution in [1.29, 1.82) is 0 Å². The second-order valence-corrected chi connectivity index (χ2v) is 6.58. The van der Waals surface area contributed by atoms with Gasteiger partial charge in [-0.05, 0) is 12.8 Å². The van der Waals surface area contributed by atoms with Crippen LogP contribution in [0.1, 0.15) is 110 Å². The van der Waals surface area contributed by atoms with Gasteiger partial charge >= 0.3 is 0 Å². The molecule has 0 aromatic rings. The second-order valence-electron chi connectivity index (χ2n) is 6.58. The Kier molecular flexibility index (Phi) is 17.2. The summed E-state index contributed by atoms with van der Waals surface area (Å²) in [5.74, 6) is 0. The van der Waals surface area contributed by atoms with Gasteiger partial charge in [-0.25, -0.2) is 0 Å². The van der Waals surface area contributed by atoms with E-state index >= 15 is 0 Å². The fraction of sp³-hybridized carbons (Fsp3) is 0.944. The molecule has 145 valence electrons. The van der Waals surface area contributed by atoms with Crippen molar-refractivity contribution in [3.63, 3.8) is 0 Å². The zero-order valence-electron chi connectivity index (χ0n) is 15.2. The van der Waals surface area contributed by atoms with E-state index in [9.17, 15) is 17.9 Å². The smallest absolute Gasteiger partial charge is 0.0992 e. The SMILES string of the molecule is CCCCCCCCCCCCCCCCC[C](N(F)F)N(F)F. The Morgan fingerprint density at radius 1 is 0.500 bits per heavy atom. The van der Waals surface area contributed by atoms with Gasteiger partial charge in [0.2, 0.25) is 6.17 Å². The summed E-state index contributed by atoms with van der Waals surface area (Å²) < 4.78 is 48.4. The predicted octanol–water partition coefficient (Wildman–Crippen LogP) is 7.88. The molecule has 0 spiro atoms. The molecule has 0 saturated heterocycles. The fourth-order valence-corrected chi connectivity index (χ4v) is 2.88. The Balaban J connectivity index is 3.20. The van der Waals surface area contributed by atoms with Crippen LogP contribution in [0.15, 0.2) is 0 Å². The van der Waals surface area contributed by atoms with Crippen molar-refractivity contribution in [3.05, 3.63) is 6.17 Å². The molecule has 0 aliphatic heterocycles. The average Bonchev–Trinajstić information content (AvgIpc) is 2.53. The highest BCUT2D eigenvalue weighted by atomic mass is 19.4. The van der Waals surface area contributed by atoms with E-state index in [1.54, 1.807) is 0 Å². The molecular formula is C18H35F4N2. The van der Waals surface area contributed by atoms with Crippen LogP contribution >= 0.6 is 0 Å². The number of rotatable bonds is 18. The van der Waals surface area contributed by atoms with Crippen molar-refractivity contribution >= 4 is 0 Å². The van der Waals surface area contributed by atoms with E-state index in [1.807, 2.05) is 0 Å². The molecule has 0 N–H and O–H groups in total. The quantitative estimate of drug-likeness (QED) is 0.140. The summed E-state index contributed by atoms with van der Waals surface area (Å²) in [5, 5.41) is -2.99. The zero-order chi connectivity index (χ0) is 18.0. The molecule has 24 heavy (non-hydrogen) atoms. The maximum absolute atomic E-state index is 12.1. The van der Waals surface area contributed by atoms with Crippen molar-refractivity contribution in [3.8, 4) is 0 Å². The van der Waals surface area contributed by atoms with E-state index in [-0.39, 0.29) is 6.42 Å². The third kappa shape index (κ3) is 15.2. The van der Waals surface area contributed by atoms with Crippen LogP contribution in [0.5, 0.6) is 0 Å². The largest absolute Gasteiger partial charge is 0.237 e. The molecular weight excluding hydrogens is 320 g/mol. The first-order chi connectivity index (χ1) is 11.6. The Morgan fingerprint density at radius 2 is 0.792 bits per heavy atom. The minimum Gasteiger partial charge on any atom is -0.0992 e. The van der Waals surface area contributed by atoms with Crippen molar-refractivity contribution in [2.24, 2.45) is 0 Å². The molecule has 0 saturated carbocycles. The Hall–Kier alpha value is -0.360. The molecule has 6 heteroatoms. The molecule has 2 nitrogen and oxygen atoms in total. The molecule has 0 aromatic carbocycles. The minimum atomic E-state index is -1.50. The second kappa shape index (κ2) is 17.5. The molecule has 0 heterocycles. The van der Waals surface area contributed by atoms with Gasteiger partial charge in [-0.15, -0.1) is 0 Å². The molecule has 1 radical (unpaired) electrons. The normalized spacial score (nSPS) is 12.0. The molecule has 0 unspecified atom stereocenters. The van der Waals surface area contributed by atoms with E-state index in [4.69, 9.17) is 0 Å². The van der Waals surface area contributed by atoms with Gasteiger partial charge in [0, 0.05) is 0 Å². The number of unbranched alkanes of at least 4 members (excludes halogenated alkanes) is 14. The lowest BCUT2D eigenvalue weighted by Crippen LogP contribution is -2.22. The highest BCUT2D eigenvalue weighted by Crippen LogP contribution is 2.24. The minimum absolute atomic E-state index is 0.280. The molecule has 0 aromatic heterocycles. The van der Waals surface area contributed by atoms with Crippen molar-refractivity contribution in [2.75, 3.05) is 0 Å². The fourth-order valence-electron chi connectivity index (χ4n) is 2.88. The number of halogens is 4. The first kappa shape index (κ1) is 23.6. The van der Waals surface area contributed by atoms with E-state index in [2.05, 4.69) is 6.92 Å². The summed E-state index contributed by atoms with van der Waals surface area (Å²) in [5.41, 5.74) is 0. The summed E-state index contributed by atoms with van der Waals surface area (Å²) in [6, 6.07) is 0. The van der Waals surface area contributed by atoms with Crippen LogP contribution in [-0.2, 0) is 0 Å². The lowest BCUT2D eigenvalue weighted by molar-refractivity contribution is -0.264. The standard InChI is InChI=1S/C18H35F4N2/c1-2-3-4-5-6-7-8-9-10-11-12-13-14-15-16-17-18(23(19)20)24(21)22/h2-17H2,1H3. The van der Waals surface area contributed by atoms with Gasteiger partial charge in [-0.2, -0.15) is 0 Å². The Labute approximate surface area is 145 Å². The van der Waals surface area contributed by atoms with Gasteiger partial charge < -0.3 is 0 Å². The highest BCUT2D eigenvalue weighted by molar-refractivity contribution is 4.73. The Bertz CT molecular complexity index is 245. The monoisotopic (exact) mass is 355 g/mol. The van der Waals surface area contributed by atoms with Crippen LogP contribution in [0, 0.1) is 6.17 Å².